The molecule has 0 bridgehead atoms. The van der Waals surface area contributed by atoms with Crippen LogP contribution in [0.15, 0.2) is 30.6 Å². The quantitative estimate of drug-likeness (QED) is 0.766. The van der Waals surface area contributed by atoms with E-state index < -0.39 is 23.7 Å². The van der Waals surface area contributed by atoms with E-state index in [4.69, 9.17) is 4.74 Å². The highest BCUT2D eigenvalue weighted by atomic mass is 16.6. The van der Waals surface area contributed by atoms with E-state index in [0.29, 0.717) is 12.5 Å². The Morgan fingerprint density at radius 3 is 2.67 bits per heavy atom. The second kappa shape index (κ2) is 7.78. The van der Waals surface area contributed by atoms with Crippen molar-refractivity contribution in [3.8, 4) is 11.1 Å². The second-order valence-corrected chi connectivity index (χ2v) is 9.31. The first-order chi connectivity index (χ1) is 14.2. The molecule has 1 aromatic carbocycles. The van der Waals surface area contributed by atoms with E-state index >= 15 is 0 Å². The van der Waals surface area contributed by atoms with Gasteiger partial charge in [0.05, 0.1) is 12.2 Å². The lowest BCUT2D eigenvalue weighted by Crippen LogP contribution is -2.47. The summed E-state index contributed by atoms with van der Waals surface area (Å²) in [6.07, 6.45) is 8.06. The molecule has 0 spiro atoms. The molecule has 1 heterocycles. The Kier molecular flexibility index (Phi) is 5.30. The van der Waals surface area contributed by atoms with E-state index in [0.717, 1.165) is 35.1 Å². The minimum atomic E-state index is -1.05. The smallest absolute Gasteiger partial charge is 0.408 e. The molecule has 7 heteroatoms. The normalized spacial score (nSPS) is 19.6. The molecule has 4 rings (SSSR count). The Labute approximate surface area is 176 Å². The summed E-state index contributed by atoms with van der Waals surface area (Å²) in [7, 11) is 0. The molecular formula is C23H29N3O4. The summed E-state index contributed by atoms with van der Waals surface area (Å²) in [6, 6.07) is 5.70. The SMILES string of the molecule is CC(C)(C)OC(=O)N[C@H](C(=O)O)[C@@H]1CCCc2ccc(-c3cnn(C4CC4)c3)cc21. The standard InChI is InChI=1S/C23H29N3O4/c1-23(2,3)30-22(29)25-20(21(27)28)18-6-4-5-14-7-8-15(11-19(14)18)16-12-24-26(13-16)17-9-10-17/h7-8,11-13,17-18,20H,4-6,9-10H2,1-3H3,(H,25,29)(H,27,28)/t18-,20+/m1/s1. The maximum Gasteiger partial charge on any atom is 0.408 e. The highest BCUT2D eigenvalue weighted by Gasteiger charge is 2.35. The van der Waals surface area contributed by atoms with Crippen LogP contribution < -0.4 is 5.32 Å². The van der Waals surface area contributed by atoms with Crippen molar-refractivity contribution in [2.75, 3.05) is 0 Å². The number of carbonyl (C=O) groups is 2. The zero-order chi connectivity index (χ0) is 21.5. The third-order valence-corrected chi connectivity index (χ3v) is 5.70. The molecule has 2 aliphatic rings. The number of nitrogens with one attached hydrogen (secondary N) is 1. The fourth-order valence-electron chi connectivity index (χ4n) is 4.16. The number of fused-ring (bicyclic) bond motifs is 1. The average Bonchev–Trinajstić information content (AvgIpc) is 3.40. The molecule has 0 aliphatic heterocycles. The summed E-state index contributed by atoms with van der Waals surface area (Å²) in [5, 5.41) is 16.9. The van der Waals surface area contributed by atoms with Crippen molar-refractivity contribution >= 4 is 12.1 Å². The van der Waals surface area contributed by atoms with Crippen LogP contribution >= 0.6 is 0 Å². The molecule has 2 aromatic rings. The molecule has 0 radical (unpaired) electrons. The lowest BCUT2D eigenvalue weighted by Gasteiger charge is -2.31. The first kappa shape index (κ1) is 20.4. The fraction of sp³-hybridized carbons (Fsp3) is 0.522. The molecule has 1 fully saturated rings. The highest BCUT2D eigenvalue weighted by molar-refractivity contribution is 5.81. The molecule has 0 unspecified atom stereocenters. The predicted octanol–water partition coefficient (Wildman–Crippen LogP) is 4.28. The topological polar surface area (TPSA) is 93.4 Å². The number of hydrogen-bond donors (Lipinski definition) is 2. The van der Waals surface area contributed by atoms with E-state index in [1.165, 1.54) is 12.8 Å². The number of carbonyl (C=O) groups excluding carboxylic acids is 1. The predicted molar refractivity (Wildman–Crippen MR) is 112 cm³/mol. The van der Waals surface area contributed by atoms with Gasteiger partial charge in [-0.1, -0.05) is 18.2 Å². The van der Waals surface area contributed by atoms with Crippen molar-refractivity contribution in [1.82, 2.24) is 15.1 Å². The maximum atomic E-state index is 12.3. The van der Waals surface area contributed by atoms with E-state index in [2.05, 4.69) is 34.8 Å². The van der Waals surface area contributed by atoms with Crippen LogP contribution in [0.25, 0.3) is 11.1 Å². The Morgan fingerprint density at radius 1 is 1.23 bits per heavy atom. The van der Waals surface area contributed by atoms with E-state index in [9.17, 15) is 14.7 Å². The number of hydrogen-bond acceptors (Lipinski definition) is 4. The van der Waals surface area contributed by atoms with Gasteiger partial charge in [0.1, 0.15) is 11.6 Å². The van der Waals surface area contributed by atoms with Crippen LogP contribution in [0.3, 0.4) is 0 Å². The minimum Gasteiger partial charge on any atom is -0.480 e. The molecule has 160 valence electrons. The largest absolute Gasteiger partial charge is 0.480 e. The number of benzene rings is 1. The van der Waals surface area contributed by atoms with Gasteiger partial charge in [-0.15, -0.1) is 0 Å². The number of amides is 1. The maximum absolute atomic E-state index is 12.3. The first-order valence-corrected chi connectivity index (χ1v) is 10.6. The van der Waals surface area contributed by atoms with Gasteiger partial charge in [0.15, 0.2) is 0 Å². The number of carboxylic acids is 1. The summed E-state index contributed by atoms with van der Waals surface area (Å²) in [5.41, 5.74) is 3.49. The molecule has 30 heavy (non-hydrogen) atoms. The lowest BCUT2D eigenvalue weighted by molar-refractivity contribution is -0.140. The molecule has 2 aliphatic carbocycles. The van der Waals surface area contributed by atoms with Crippen LogP contribution in [0.5, 0.6) is 0 Å². The van der Waals surface area contributed by atoms with Gasteiger partial charge < -0.3 is 15.2 Å². The minimum absolute atomic E-state index is 0.308. The van der Waals surface area contributed by atoms with Gasteiger partial charge in [0, 0.05) is 17.7 Å². The van der Waals surface area contributed by atoms with Crippen LogP contribution in [0.1, 0.15) is 69.5 Å². The van der Waals surface area contributed by atoms with Crippen molar-refractivity contribution < 1.29 is 19.4 Å². The van der Waals surface area contributed by atoms with Crippen molar-refractivity contribution in [2.45, 2.75) is 76.5 Å². The lowest BCUT2D eigenvalue weighted by atomic mass is 9.77. The van der Waals surface area contributed by atoms with Crippen LogP contribution in [0.4, 0.5) is 4.79 Å². The third-order valence-electron chi connectivity index (χ3n) is 5.70. The third kappa shape index (κ3) is 4.50. The number of aliphatic carboxylic acids is 1. The molecule has 7 nitrogen and oxygen atoms in total. The van der Waals surface area contributed by atoms with Gasteiger partial charge in [0.25, 0.3) is 0 Å². The molecule has 2 N–H and O–H groups in total. The summed E-state index contributed by atoms with van der Waals surface area (Å²) >= 11 is 0. The zero-order valence-corrected chi connectivity index (χ0v) is 17.7. The molecule has 1 aromatic heterocycles. The number of aromatic nitrogens is 2. The fourth-order valence-corrected chi connectivity index (χ4v) is 4.16. The van der Waals surface area contributed by atoms with E-state index in [1.54, 1.807) is 20.8 Å². The van der Waals surface area contributed by atoms with Crippen LogP contribution in [-0.4, -0.2) is 38.6 Å². The highest BCUT2D eigenvalue weighted by Crippen LogP contribution is 2.38. The summed E-state index contributed by atoms with van der Waals surface area (Å²) < 4.78 is 7.31. The Balaban J connectivity index is 1.61. The molecular weight excluding hydrogens is 382 g/mol. The first-order valence-electron chi connectivity index (χ1n) is 10.6. The molecule has 1 amide bonds. The summed E-state index contributed by atoms with van der Waals surface area (Å²) in [4.78, 5) is 24.3. The van der Waals surface area contributed by atoms with Crippen LogP contribution in [0, 0.1) is 0 Å². The molecule has 2 atom stereocenters. The Bertz CT molecular complexity index is 956. The van der Waals surface area contributed by atoms with E-state index in [-0.39, 0.29) is 5.92 Å². The zero-order valence-electron chi connectivity index (χ0n) is 17.7. The summed E-state index contributed by atoms with van der Waals surface area (Å²) in [6.45, 7) is 5.27. The van der Waals surface area contributed by atoms with Crippen LogP contribution in [-0.2, 0) is 16.0 Å². The molecule has 1 saturated carbocycles. The average molecular weight is 412 g/mol. The van der Waals surface area contributed by atoms with Crippen molar-refractivity contribution in [2.24, 2.45) is 0 Å². The van der Waals surface area contributed by atoms with E-state index in [1.807, 2.05) is 10.9 Å². The summed E-state index contributed by atoms with van der Waals surface area (Å²) in [5.74, 6) is -1.36. The monoisotopic (exact) mass is 411 g/mol. The Hall–Kier alpha value is -2.83. The van der Waals surface area contributed by atoms with Gasteiger partial charge in [-0.2, -0.15) is 5.10 Å². The van der Waals surface area contributed by atoms with Crippen molar-refractivity contribution in [1.29, 1.82) is 0 Å². The number of alkyl carbamates (subject to hydrolysis) is 1. The molecule has 0 saturated heterocycles. The number of ether oxygens (including phenoxy) is 1. The van der Waals surface area contributed by atoms with Crippen molar-refractivity contribution in [3.05, 3.63) is 41.7 Å². The van der Waals surface area contributed by atoms with Gasteiger partial charge in [-0.05, 0) is 69.6 Å². The van der Waals surface area contributed by atoms with Gasteiger partial charge in [-0.25, -0.2) is 9.59 Å². The van der Waals surface area contributed by atoms with Crippen molar-refractivity contribution in [3.63, 3.8) is 0 Å². The number of nitrogens with zero attached hydrogens (tertiary/aromatic N) is 2. The number of rotatable bonds is 5. The van der Waals surface area contributed by atoms with Gasteiger partial charge in [-0.3, -0.25) is 4.68 Å². The van der Waals surface area contributed by atoms with Crippen LogP contribution in [0.2, 0.25) is 0 Å². The van der Waals surface area contributed by atoms with Gasteiger partial charge >= 0.3 is 12.1 Å². The van der Waals surface area contributed by atoms with Gasteiger partial charge in [0.2, 0.25) is 0 Å². The Morgan fingerprint density at radius 2 is 2.00 bits per heavy atom. The second-order valence-electron chi connectivity index (χ2n) is 9.31. The number of carboxylic acid groups (broad SMARTS) is 1. The number of aryl methyl sites for hydroxylation is 1.